The van der Waals surface area contributed by atoms with Gasteiger partial charge in [-0.25, -0.2) is 0 Å². The fourth-order valence-electron chi connectivity index (χ4n) is 3.28. The van der Waals surface area contributed by atoms with Gasteiger partial charge in [-0.05, 0) is 61.8 Å². The maximum absolute atomic E-state index is 6.56. The van der Waals surface area contributed by atoms with Gasteiger partial charge in [0.1, 0.15) is 0 Å². The van der Waals surface area contributed by atoms with Crippen molar-refractivity contribution in [2.75, 3.05) is 13.2 Å². The zero-order valence-corrected chi connectivity index (χ0v) is 15.0. The molecule has 0 unspecified atom stereocenters. The highest BCUT2D eigenvalue weighted by atomic mass is 28.4. The molecule has 0 aromatic carbocycles. The number of allylic oxidation sites excluding steroid dienone is 4. The Labute approximate surface area is 131 Å². The summed E-state index contributed by atoms with van der Waals surface area (Å²) in [6.45, 7) is 6.19. The lowest BCUT2D eigenvalue weighted by atomic mass is 10.4. The van der Waals surface area contributed by atoms with Crippen molar-refractivity contribution in [1.29, 1.82) is 0 Å². The molecule has 0 saturated heterocycles. The lowest BCUT2D eigenvalue weighted by Gasteiger charge is -2.33. The predicted molar refractivity (Wildman–Crippen MR) is 91.3 cm³/mol. The van der Waals surface area contributed by atoms with Crippen LogP contribution in [0.15, 0.2) is 22.5 Å². The van der Waals surface area contributed by atoms with Crippen LogP contribution < -0.4 is 0 Å². The molecule has 0 bridgehead atoms. The van der Waals surface area contributed by atoms with Crippen LogP contribution in [0, 0.1) is 0 Å². The van der Waals surface area contributed by atoms with Crippen LogP contribution in [0.1, 0.15) is 78.1 Å². The molecule has 21 heavy (non-hydrogen) atoms. The predicted octanol–water partition coefficient (Wildman–Crippen LogP) is 5.36. The minimum Gasteiger partial charge on any atom is -0.388 e. The van der Waals surface area contributed by atoms with Gasteiger partial charge >= 0.3 is 8.56 Å². The second-order valence-electron chi connectivity index (χ2n) is 6.26. The van der Waals surface area contributed by atoms with Gasteiger partial charge in [-0.3, -0.25) is 0 Å². The molecule has 2 aliphatic rings. The lowest BCUT2D eigenvalue weighted by molar-refractivity contribution is 0.177. The van der Waals surface area contributed by atoms with Gasteiger partial charge in [0, 0.05) is 13.2 Å². The van der Waals surface area contributed by atoms with Crippen molar-refractivity contribution in [3.8, 4) is 0 Å². The van der Waals surface area contributed by atoms with E-state index >= 15 is 0 Å². The molecule has 0 spiro atoms. The van der Waals surface area contributed by atoms with Crippen LogP contribution in [0.2, 0.25) is 0 Å². The summed E-state index contributed by atoms with van der Waals surface area (Å²) < 4.78 is 13.1. The highest BCUT2D eigenvalue weighted by Gasteiger charge is 2.46. The van der Waals surface area contributed by atoms with E-state index in [4.69, 9.17) is 8.85 Å². The Hall–Kier alpha value is -0.383. The van der Waals surface area contributed by atoms with Crippen molar-refractivity contribution in [2.45, 2.75) is 78.1 Å². The van der Waals surface area contributed by atoms with Crippen LogP contribution in [-0.4, -0.2) is 21.8 Å². The monoisotopic (exact) mass is 308 g/mol. The third-order valence-corrected chi connectivity index (χ3v) is 8.35. The molecule has 120 valence electrons. The van der Waals surface area contributed by atoms with E-state index in [9.17, 15) is 0 Å². The summed E-state index contributed by atoms with van der Waals surface area (Å²) in [4.78, 5) is 0. The fourth-order valence-corrected chi connectivity index (χ4v) is 7.22. The van der Waals surface area contributed by atoms with Crippen molar-refractivity contribution < 1.29 is 8.85 Å². The third-order valence-electron chi connectivity index (χ3n) is 4.53. The molecule has 0 N–H and O–H groups in total. The third kappa shape index (κ3) is 4.30. The summed E-state index contributed by atoms with van der Waals surface area (Å²) >= 11 is 0. The van der Waals surface area contributed by atoms with Crippen LogP contribution in [0.25, 0.3) is 0 Å². The van der Waals surface area contributed by atoms with Gasteiger partial charge in [0.15, 0.2) is 0 Å². The largest absolute Gasteiger partial charge is 0.398 e. The van der Waals surface area contributed by atoms with E-state index < -0.39 is 8.56 Å². The minimum absolute atomic E-state index is 0.865. The van der Waals surface area contributed by atoms with Crippen molar-refractivity contribution in [2.24, 2.45) is 0 Å². The first-order valence-electron chi connectivity index (χ1n) is 9.00. The second-order valence-corrected chi connectivity index (χ2v) is 9.36. The summed E-state index contributed by atoms with van der Waals surface area (Å²) in [5, 5.41) is 3.06. The van der Waals surface area contributed by atoms with Crippen molar-refractivity contribution in [3.05, 3.63) is 22.5 Å². The van der Waals surface area contributed by atoms with E-state index in [1.165, 1.54) is 61.8 Å². The summed E-state index contributed by atoms with van der Waals surface area (Å²) in [6.07, 6.45) is 16.9. The molecule has 0 aromatic heterocycles. The molecule has 0 atom stereocenters. The van der Waals surface area contributed by atoms with E-state index in [-0.39, 0.29) is 0 Å². The SMILES string of the molecule is CCCCO[Si](OCCCC)(C1=CCCC1)C1=CCCC1. The van der Waals surface area contributed by atoms with E-state index in [1.54, 1.807) is 0 Å². The first kappa shape index (κ1) is 17.0. The lowest BCUT2D eigenvalue weighted by Crippen LogP contribution is -2.47. The van der Waals surface area contributed by atoms with E-state index in [2.05, 4.69) is 26.0 Å². The standard InChI is InChI=1S/C18H32O2Si/c1-3-5-15-19-21(20-16-6-4-2,17-11-7-8-12-17)18-13-9-10-14-18/h11,13H,3-10,12,14-16H2,1-2H3. The zero-order chi connectivity index (χ0) is 15.0. The topological polar surface area (TPSA) is 18.5 Å². The Morgan fingerprint density at radius 3 is 1.67 bits per heavy atom. The summed E-state index contributed by atoms with van der Waals surface area (Å²) in [6, 6.07) is 0. The summed E-state index contributed by atoms with van der Waals surface area (Å²) in [5.74, 6) is 0. The van der Waals surface area contributed by atoms with Gasteiger partial charge in [0.05, 0.1) is 0 Å². The van der Waals surface area contributed by atoms with Crippen LogP contribution in [0.3, 0.4) is 0 Å². The molecule has 0 radical (unpaired) electrons. The van der Waals surface area contributed by atoms with E-state index in [0.29, 0.717) is 0 Å². The molecule has 0 saturated carbocycles. The quantitative estimate of drug-likeness (QED) is 0.399. The smallest absolute Gasteiger partial charge is 0.388 e. The highest BCUT2D eigenvalue weighted by Crippen LogP contribution is 2.38. The van der Waals surface area contributed by atoms with Gasteiger partial charge in [0.25, 0.3) is 0 Å². The zero-order valence-electron chi connectivity index (χ0n) is 14.0. The van der Waals surface area contributed by atoms with Gasteiger partial charge in [0.2, 0.25) is 0 Å². The minimum atomic E-state index is -2.28. The second kappa shape index (κ2) is 8.91. The van der Waals surface area contributed by atoms with E-state index in [1.807, 2.05) is 0 Å². The van der Waals surface area contributed by atoms with Gasteiger partial charge in [-0.1, -0.05) is 38.8 Å². The first-order valence-corrected chi connectivity index (χ1v) is 10.8. The molecule has 0 aliphatic heterocycles. The number of hydrogen-bond donors (Lipinski definition) is 0. The molecular weight excluding hydrogens is 276 g/mol. The number of rotatable bonds is 10. The Morgan fingerprint density at radius 1 is 0.857 bits per heavy atom. The van der Waals surface area contributed by atoms with Crippen molar-refractivity contribution >= 4 is 8.56 Å². The molecule has 0 amide bonds. The van der Waals surface area contributed by atoms with Crippen LogP contribution in [0.4, 0.5) is 0 Å². The molecular formula is C18H32O2Si. The Bertz CT molecular complexity index is 337. The fraction of sp³-hybridized carbons (Fsp3) is 0.778. The maximum atomic E-state index is 6.56. The molecule has 0 heterocycles. The van der Waals surface area contributed by atoms with Crippen LogP contribution in [-0.2, 0) is 8.85 Å². The summed E-state index contributed by atoms with van der Waals surface area (Å²) in [5.41, 5.74) is 0. The van der Waals surface area contributed by atoms with Crippen LogP contribution >= 0.6 is 0 Å². The Balaban J connectivity index is 2.17. The molecule has 3 heteroatoms. The maximum Gasteiger partial charge on any atom is 0.398 e. The van der Waals surface area contributed by atoms with Gasteiger partial charge < -0.3 is 8.85 Å². The van der Waals surface area contributed by atoms with Crippen molar-refractivity contribution in [1.82, 2.24) is 0 Å². The average Bonchev–Trinajstić information content (AvgIpc) is 3.19. The molecule has 2 aliphatic carbocycles. The van der Waals surface area contributed by atoms with E-state index in [0.717, 1.165) is 26.1 Å². The molecule has 0 aromatic rings. The molecule has 2 nitrogen and oxygen atoms in total. The van der Waals surface area contributed by atoms with Gasteiger partial charge in [-0.2, -0.15) is 0 Å². The molecule has 2 rings (SSSR count). The Kier molecular flexibility index (Phi) is 7.21. The Morgan fingerprint density at radius 2 is 1.33 bits per heavy atom. The van der Waals surface area contributed by atoms with Gasteiger partial charge in [-0.15, -0.1) is 0 Å². The van der Waals surface area contributed by atoms with Crippen molar-refractivity contribution in [3.63, 3.8) is 0 Å². The number of unbranched alkanes of at least 4 members (excludes halogenated alkanes) is 2. The summed E-state index contributed by atoms with van der Waals surface area (Å²) in [7, 11) is -2.28. The average molecular weight is 309 g/mol. The molecule has 0 fully saturated rings. The normalized spacial score (nSPS) is 19.0. The highest BCUT2D eigenvalue weighted by molar-refractivity contribution is 6.82. The first-order chi connectivity index (χ1) is 10.3. The van der Waals surface area contributed by atoms with Crippen LogP contribution in [0.5, 0.6) is 0 Å². The number of hydrogen-bond acceptors (Lipinski definition) is 2.